The fraction of sp³-hybridized carbons (Fsp3) is 0.100. The van der Waals surface area contributed by atoms with Gasteiger partial charge in [0, 0.05) is 5.56 Å². The van der Waals surface area contributed by atoms with Gasteiger partial charge < -0.3 is 9.84 Å². The monoisotopic (exact) mass is 427 g/mol. The molecule has 1 atom stereocenters. The van der Waals surface area contributed by atoms with Gasteiger partial charge in [0.05, 0.1) is 23.7 Å². The van der Waals surface area contributed by atoms with Crippen LogP contribution in [0.1, 0.15) is 17.2 Å². The maximum absolute atomic E-state index is 12.9. The molecule has 9 heteroatoms. The summed E-state index contributed by atoms with van der Waals surface area (Å²) in [6, 6.07) is 12.6. The quantitative estimate of drug-likeness (QED) is 0.386. The molecule has 1 saturated heterocycles. The summed E-state index contributed by atoms with van der Waals surface area (Å²) in [4.78, 5) is 27.0. The van der Waals surface area contributed by atoms with Crippen LogP contribution < -0.4 is 9.64 Å². The van der Waals surface area contributed by atoms with Crippen LogP contribution in [0.2, 0.25) is 5.02 Å². The van der Waals surface area contributed by atoms with Gasteiger partial charge in [-0.3, -0.25) is 14.5 Å². The molecular weight excluding hydrogens is 414 g/mol. The van der Waals surface area contributed by atoms with Gasteiger partial charge in [-0.2, -0.15) is 0 Å². The number of ether oxygens (including phenoxy) is 1. The smallest absolute Gasteiger partial charge is 0.301 e. The highest BCUT2D eigenvalue weighted by Gasteiger charge is 2.48. The van der Waals surface area contributed by atoms with Crippen molar-refractivity contribution in [1.82, 2.24) is 10.2 Å². The van der Waals surface area contributed by atoms with Gasteiger partial charge in [0.2, 0.25) is 5.13 Å². The van der Waals surface area contributed by atoms with E-state index < -0.39 is 17.7 Å². The maximum Gasteiger partial charge on any atom is 0.301 e. The number of methoxy groups -OCH3 is 1. The van der Waals surface area contributed by atoms with Gasteiger partial charge in [-0.25, -0.2) is 0 Å². The van der Waals surface area contributed by atoms with Gasteiger partial charge in [-0.05, 0) is 17.7 Å². The second-order valence-corrected chi connectivity index (χ2v) is 7.37. The first-order chi connectivity index (χ1) is 14.0. The van der Waals surface area contributed by atoms with Crippen molar-refractivity contribution < 1.29 is 19.4 Å². The minimum Gasteiger partial charge on any atom is -0.507 e. The van der Waals surface area contributed by atoms with Gasteiger partial charge in [-0.15, -0.1) is 10.2 Å². The van der Waals surface area contributed by atoms with Gasteiger partial charge >= 0.3 is 5.91 Å². The number of aliphatic hydroxyl groups is 1. The molecule has 7 nitrogen and oxygen atoms in total. The number of aromatic nitrogens is 2. The number of benzene rings is 2. The summed E-state index contributed by atoms with van der Waals surface area (Å²) in [7, 11) is 1.49. The number of carbonyl (C=O) groups is 2. The molecular formula is C20H14ClN3O4S. The zero-order chi connectivity index (χ0) is 20.5. The average Bonchev–Trinajstić information content (AvgIpc) is 3.35. The number of halogens is 1. The van der Waals surface area contributed by atoms with Crippen molar-refractivity contribution in [2.75, 3.05) is 12.0 Å². The molecule has 4 rings (SSSR count). The first-order valence-corrected chi connectivity index (χ1v) is 9.74. The first-order valence-electron chi connectivity index (χ1n) is 8.49. The molecule has 1 aromatic heterocycles. The highest BCUT2D eigenvalue weighted by Crippen LogP contribution is 2.43. The van der Waals surface area contributed by atoms with Crippen molar-refractivity contribution in [3.05, 3.63) is 75.8 Å². The molecule has 1 unspecified atom stereocenters. The number of hydrogen-bond donors (Lipinski definition) is 1. The normalized spacial score (nSPS) is 18.3. The zero-order valence-electron chi connectivity index (χ0n) is 15.1. The molecule has 2 heterocycles. The van der Waals surface area contributed by atoms with Crippen LogP contribution in [0.5, 0.6) is 5.75 Å². The van der Waals surface area contributed by atoms with E-state index >= 15 is 0 Å². The van der Waals surface area contributed by atoms with Crippen LogP contribution in [-0.2, 0) is 9.59 Å². The molecule has 0 spiro atoms. The molecule has 1 aliphatic heterocycles. The Hall–Kier alpha value is -3.23. The van der Waals surface area contributed by atoms with E-state index in [0.29, 0.717) is 21.9 Å². The molecule has 146 valence electrons. The minimum absolute atomic E-state index is 0.0439. The Bertz CT molecular complexity index is 1120. The lowest BCUT2D eigenvalue weighted by Crippen LogP contribution is -2.29. The van der Waals surface area contributed by atoms with Gasteiger partial charge in [0.1, 0.15) is 17.0 Å². The number of Topliss-reactive ketones (excluding diaryl/α,β-unsaturated/α-hetero) is 1. The Labute approximate surface area is 174 Å². The second-order valence-electron chi connectivity index (χ2n) is 6.15. The Morgan fingerprint density at radius 3 is 2.59 bits per heavy atom. The summed E-state index contributed by atoms with van der Waals surface area (Å²) in [6.07, 6.45) is 0. The third-order valence-corrected chi connectivity index (χ3v) is 5.52. The molecule has 0 aliphatic carbocycles. The predicted molar refractivity (Wildman–Crippen MR) is 109 cm³/mol. The highest BCUT2D eigenvalue weighted by atomic mass is 35.5. The fourth-order valence-electron chi connectivity index (χ4n) is 3.22. The summed E-state index contributed by atoms with van der Waals surface area (Å²) in [5, 5.41) is 19.2. The van der Waals surface area contributed by atoms with Crippen molar-refractivity contribution in [3.8, 4) is 5.75 Å². The number of aliphatic hydroxyl groups excluding tert-OH is 1. The molecule has 1 fully saturated rings. The van der Waals surface area contributed by atoms with Crippen molar-refractivity contribution in [2.45, 2.75) is 6.04 Å². The van der Waals surface area contributed by atoms with E-state index in [1.165, 1.54) is 17.5 Å². The number of ketones is 1. The highest BCUT2D eigenvalue weighted by molar-refractivity contribution is 7.13. The van der Waals surface area contributed by atoms with Crippen LogP contribution >= 0.6 is 22.9 Å². The number of carbonyl (C=O) groups excluding carboxylic acids is 2. The van der Waals surface area contributed by atoms with E-state index in [-0.39, 0.29) is 16.5 Å². The standard InChI is InChI=1S/C20H14ClN3O4S/c1-28-14-8-7-12(9-13(14)21)16-15(17(25)11-5-3-2-4-6-11)18(26)19(27)24(16)20-23-22-10-29-20/h2-10,16,25H,1H3/b17-15+. The molecule has 3 aromatic rings. The molecule has 2 aromatic carbocycles. The van der Waals surface area contributed by atoms with Crippen molar-refractivity contribution in [2.24, 2.45) is 0 Å². The molecule has 29 heavy (non-hydrogen) atoms. The van der Waals surface area contributed by atoms with Crippen molar-refractivity contribution in [3.63, 3.8) is 0 Å². The van der Waals surface area contributed by atoms with Crippen LogP contribution in [0.4, 0.5) is 5.13 Å². The summed E-state index contributed by atoms with van der Waals surface area (Å²) >= 11 is 7.39. The molecule has 0 saturated carbocycles. The topological polar surface area (TPSA) is 92.6 Å². The van der Waals surface area contributed by atoms with Crippen LogP contribution in [0, 0.1) is 0 Å². The average molecular weight is 428 g/mol. The SMILES string of the molecule is COc1ccc(C2/C(=C(\O)c3ccccc3)C(=O)C(=O)N2c2nncs2)cc1Cl. The predicted octanol–water partition coefficient (Wildman–Crippen LogP) is 3.83. The first kappa shape index (κ1) is 19.1. The lowest BCUT2D eigenvalue weighted by molar-refractivity contribution is -0.132. The van der Waals surface area contributed by atoms with E-state index in [1.807, 2.05) is 0 Å². The van der Waals surface area contributed by atoms with Gasteiger partial charge in [0.15, 0.2) is 0 Å². The fourth-order valence-corrected chi connectivity index (χ4v) is 4.07. The second kappa shape index (κ2) is 7.65. The van der Waals surface area contributed by atoms with Crippen molar-refractivity contribution in [1.29, 1.82) is 0 Å². The van der Waals surface area contributed by atoms with Gasteiger partial charge in [-0.1, -0.05) is 59.3 Å². The third-order valence-electron chi connectivity index (χ3n) is 4.54. The number of nitrogens with zero attached hydrogens (tertiary/aromatic N) is 3. The lowest BCUT2D eigenvalue weighted by atomic mass is 9.95. The van der Waals surface area contributed by atoms with E-state index in [9.17, 15) is 14.7 Å². The third kappa shape index (κ3) is 3.26. The number of anilines is 1. The molecule has 0 bridgehead atoms. The molecule has 1 N–H and O–H groups in total. The zero-order valence-corrected chi connectivity index (χ0v) is 16.6. The number of rotatable bonds is 4. The lowest BCUT2D eigenvalue weighted by Gasteiger charge is -2.23. The van der Waals surface area contributed by atoms with E-state index in [0.717, 1.165) is 11.3 Å². The summed E-state index contributed by atoms with van der Waals surface area (Å²) < 4.78 is 5.19. The number of hydrogen-bond acceptors (Lipinski definition) is 7. The van der Waals surface area contributed by atoms with Crippen LogP contribution in [0.25, 0.3) is 5.76 Å². The van der Waals surface area contributed by atoms with E-state index in [1.54, 1.807) is 48.5 Å². The Balaban J connectivity index is 1.95. The Kier molecular flexibility index (Phi) is 5.04. The summed E-state index contributed by atoms with van der Waals surface area (Å²) in [5.41, 5.74) is 2.37. The van der Waals surface area contributed by atoms with E-state index in [4.69, 9.17) is 16.3 Å². The Morgan fingerprint density at radius 1 is 1.21 bits per heavy atom. The minimum atomic E-state index is -0.911. The Morgan fingerprint density at radius 2 is 1.97 bits per heavy atom. The van der Waals surface area contributed by atoms with Crippen LogP contribution in [-0.4, -0.2) is 34.1 Å². The van der Waals surface area contributed by atoms with Crippen LogP contribution in [0.3, 0.4) is 0 Å². The molecule has 0 radical (unpaired) electrons. The summed E-state index contributed by atoms with van der Waals surface area (Å²) in [5.74, 6) is -1.42. The largest absolute Gasteiger partial charge is 0.507 e. The van der Waals surface area contributed by atoms with Crippen molar-refractivity contribution >= 4 is 45.5 Å². The molecule has 1 aliphatic rings. The molecule has 1 amide bonds. The maximum atomic E-state index is 12.9. The van der Waals surface area contributed by atoms with Gasteiger partial charge in [0.25, 0.3) is 5.78 Å². The summed E-state index contributed by atoms with van der Waals surface area (Å²) in [6.45, 7) is 0. The number of amides is 1. The van der Waals surface area contributed by atoms with Crippen LogP contribution in [0.15, 0.2) is 59.6 Å². The van der Waals surface area contributed by atoms with E-state index in [2.05, 4.69) is 10.2 Å².